The normalized spacial score (nSPS) is 35.6. The lowest BCUT2D eigenvalue weighted by Gasteiger charge is -2.51. The van der Waals surface area contributed by atoms with Crippen LogP contribution in [0.3, 0.4) is 0 Å². The van der Waals surface area contributed by atoms with E-state index in [2.05, 4.69) is 0 Å². The van der Waals surface area contributed by atoms with Crippen LogP contribution >= 0.6 is 0 Å². The van der Waals surface area contributed by atoms with Crippen molar-refractivity contribution in [1.82, 2.24) is 4.90 Å². The van der Waals surface area contributed by atoms with Gasteiger partial charge in [-0.3, -0.25) is 9.69 Å². The second kappa shape index (κ2) is 4.82. The fourth-order valence-corrected chi connectivity index (χ4v) is 2.99. The molecule has 6 heteroatoms. The minimum atomic E-state index is -0.277. The molecule has 0 aromatic heterocycles. The van der Waals surface area contributed by atoms with Gasteiger partial charge in [0.25, 0.3) is 0 Å². The minimum Gasteiger partial charge on any atom is -0.446 e. The van der Waals surface area contributed by atoms with Crippen LogP contribution in [0.15, 0.2) is 0 Å². The molecule has 1 unspecified atom stereocenters. The summed E-state index contributed by atoms with van der Waals surface area (Å²) in [6.45, 7) is 1.19. The molecule has 0 aromatic carbocycles. The van der Waals surface area contributed by atoms with E-state index in [4.69, 9.17) is 14.7 Å². The zero-order valence-corrected chi connectivity index (χ0v) is 10.6. The van der Waals surface area contributed by atoms with Crippen LogP contribution in [0.4, 0.5) is 4.79 Å². The molecule has 0 aromatic rings. The SMILES string of the molecule is N#CCC(=O)C1CC(OC(=O)N2C3COC[C@@H]2C3)C1. The summed E-state index contributed by atoms with van der Waals surface area (Å²) in [5.74, 6) is -0.138. The van der Waals surface area contributed by atoms with E-state index in [0.29, 0.717) is 26.1 Å². The molecular formula is C13H16N2O4. The van der Waals surface area contributed by atoms with E-state index in [9.17, 15) is 9.59 Å². The third-order valence-corrected chi connectivity index (χ3v) is 4.23. The number of hydrogen-bond acceptors (Lipinski definition) is 5. The summed E-state index contributed by atoms with van der Waals surface area (Å²) in [4.78, 5) is 25.1. The van der Waals surface area contributed by atoms with Crippen molar-refractivity contribution in [1.29, 1.82) is 5.26 Å². The second-order valence-electron chi connectivity index (χ2n) is 5.46. The van der Waals surface area contributed by atoms with Gasteiger partial charge in [0.15, 0.2) is 0 Å². The van der Waals surface area contributed by atoms with Crippen LogP contribution in [-0.4, -0.2) is 48.2 Å². The summed E-state index contributed by atoms with van der Waals surface area (Å²) >= 11 is 0. The number of carbonyl (C=O) groups excluding carboxylic acids is 2. The zero-order chi connectivity index (χ0) is 13.4. The smallest absolute Gasteiger partial charge is 0.410 e. The van der Waals surface area contributed by atoms with Gasteiger partial charge in [-0.2, -0.15) is 5.26 Å². The lowest BCUT2D eigenvalue weighted by molar-refractivity contribution is -0.135. The largest absolute Gasteiger partial charge is 0.446 e. The van der Waals surface area contributed by atoms with Crippen molar-refractivity contribution < 1.29 is 19.1 Å². The number of hydrogen-bond donors (Lipinski definition) is 0. The van der Waals surface area contributed by atoms with Gasteiger partial charge in [0.05, 0.1) is 37.8 Å². The molecule has 2 aliphatic heterocycles. The number of nitriles is 1. The number of morpholine rings is 1. The van der Waals surface area contributed by atoms with Crippen LogP contribution in [0.2, 0.25) is 0 Å². The van der Waals surface area contributed by atoms with Gasteiger partial charge < -0.3 is 9.47 Å². The summed E-state index contributed by atoms with van der Waals surface area (Å²) in [6, 6.07) is 2.19. The first-order valence-corrected chi connectivity index (χ1v) is 6.65. The average Bonchev–Trinajstić information content (AvgIpc) is 2.34. The third-order valence-electron chi connectivity index (χ3n) is 4.23. The summed E-state index contributed by atoms with van der Waals surface area (Å²) in [5, 5.41) is 8.45. The van der Waals surface area contributed by atoms with Gasteiger partial charge in [-0.25, -0.2) is 4.79 Å². The van der Waals surface area contributed by atoms with E-state index in [-0.39, 0.29) is 42.4 Å². The molecule has 1 amide bonds. The van der Waals surface area contributed by atoms with Crippen LogP contribution in [-0.2, 0) is 14.3 Å². The highest BCUT2D eigenvalue weighted by Crippen LogP contribution is 2.35. The fourth-order valence-electron chi connectivity index (χ4n) is 2.99. The van der Waals surface area contributed by atoms with Crippen molar-refractivity contribution in [3.8, 4) is 6.07 Å². The Morgan fingerprint density at radius 3 is 2.53 bits per heavy atom. The predicted molar refractivity (Wildman–Crippen MR) is 63.1 cm³/mol. The van der Waals surface area contributed by atoms with E-state index in [1.807, 2.05) is 6.07 Å². The summed E-state index contributed by atoms with van der Waals surface area (Å²) in [5.41, 5.74) is 0. The van der Waals surface area contributed by atoms with Crippen LogP contribution in [0.5, 0.6) is 0 Å². The number of nitrogens with zero attached hydrogens (tertiary/aromatic N) is 2. The third kappa shape index (κ3) is 2.19. The van der Waals surface area contributed by atoms with Gasteiger partial charge in [0, 0.05) is 5.92 Å². The first-order valence-electron chi connectivity index (χ1n) is 6.65. The Bertz CT molecular complexity index is 424. The molecule has 1 saturated carbocycles. The number of amides is 1. The van der Waals surface area contributed by atoms with Crippen LogP contribution < -0.4 is 0 Å². The van der Waals surface area contributed by atoms with Crippen molar-refractivity contribution in [3.05, 3.63) is 0 Å². The number of ether oxygens (including phenoxy) is 2. The molecule has 0 radical (unpaired) electrons. The molecule has 6 nitrogen and oxygen atoms in total. The number of rotatable bonds is 3. The highest BCUT2D eigenvalue weighted by Gasteiger charge is 2.47. The Labute approximate surface area is 111 Å². The quantitative estimate of drug-likeness (QED) is 0.755. The van der Waals surface area contributed by atoms with E-state index in [0.717, 1.165) is 6.42 Å². The molecule has 2 bridgehead atoms. The van der Waals surface area contributed by atoms with E-state index in [1.54, 1.807) is 4.90 Å². The van der Waals surface area contributed by atoms with Gasteiger partial charge in [-0.15, -0.1) is 0 Å². The first-order chi connectivity index (χ1) is 9.19. The molecular weight excluding hydrogens is 248 g/mol. The summed E-state index contributed by atoms with van der Waals surface area (Å²) in [7, 11) is 0. The van der Waals surface area contributed by atoms with Crippen molar-refractivity contribution >= 4 is 11.9 Å². The molecule has 19 heavy (non-hydrogen) atoms. The standard InChI is InChI=1S/C13H16N2O4/c14-2-1-12(16)8-3-11(4-8)19-13(17)15-9-5-10(15)7-18-6-9/h8-11H,1,3-7H2/t8?,9-,10?,11?/m0/s1. The van der Waals surface area contributed by atoms with Crippen molar-refractivity contribution in [2.75, 3.05) is 13.2 Å². The molecule has 3 fully saturated rings. The summed E-state index contributed by atoms with van der Waals surface area (Å²) < 4.78 is 10.7. The zero-order valence-electron chi connectivity index (χ0n) is 10.6. The number of carbonyl (C=O) groups is 2. The van der Waals surface area contributed by atoms with Crippen molar-refractivity contribution in [2.45, 2.75) is 43.9 Å². The molecule has 2 atom stereocenters. The molecule has 1 aliphatic carbocycles. The summed E-state index contributed by atoms with van der Waals surface area (Å²) in [6.07, 6.45) is 1.64. The van der Waals surface area contributed by atoms with E-state index in [1.165, 1.54) is 0 Å². The van der Waals surface area contributed by atoms with E-state index >= 15 is 0 Å². The van der Waals surface area contributed by atoms with E-state index < -0.39 is 0 Å². The monoisotopic (exact) mass is 264 g/mol. The van der Waals surface area contributed by atoms with Gasteiger partial charge >= 0.3 is 6.09 Å². The maximum absolute atomic E-state index is 12.0. The van der Waals surface area contributed by atoms with Crippen LogP contribution in [0.1, 0.15) is 25.7 Å². The van der Waals surface area contributed by atoms with Crippen LogP contribution in [0, 0.1) is 17.2 Å². The van der Waals surface area contributed by atoms with Gasteiger partial charge in [-0.05, 0) is 19.3 Å². The lowest BCUT2D eigenvalue weighted by Crippen LogP contribution is -2.66. The Morgan fingerprint density at radius 2 is 1.95 bits per heavy atom. The Hall–Kier alpha value is -1.61. The molecule has 2 heterocycles. The number of ketones is 1. The first kappa shape index (κ1) is 12.4. The highest BCUT2D eigenvalue weighted by molar-refractivity contribution is 5.84. The molecule has 3 aliphatic rings. The lowest BCUT2D eigenvalue weighted by atomic mass is 9.78. The second-order valence-corrected chi connectivity index (χ2v) is 5.46. The molecule has 102 valence electrons. The number of Topliss-reactive ketones (excluding diaryl/α,β-unsaturated/α-hetero) is 1. The van der Waals surface area contributed by atoms with Crippen LogP contribution in [0.25, 0.3) is 0 Å². The van der Waals surface area contributed by atoms with Gasteiger partial charge in [0.1, 0.15) is 11.9 Å². The number of fused-ring (bicyclic) bond motifs is 2. The maximum Gasteiger partial charge on any atom is 0.410 e. The highest BCUT2D eigenvalue weighted by atomic mass is 16.6. The Morgan fingerprint density at radius 1 is 1.26 bits per heavy atom. The Balaban J connectivity index is 1.43. The molecule has 2 saturated heterocycles. The van der Waals surface area contributed by atoms with Gasteiger partial charge in [-0.1, -0.05) is 0 Å². The average molecular weight is 264 g/mol. The van der Waals surface area contributed by atoms with Gasteiger partial charge in [0.2, 0.25) is 0 Å². The topological polar surface area (TPSA) is 79.6 Å². The maximum atomic E-state index is 12.0. The minimum absolute atomic E-state index is 0.0379. The predicted octanol–water partition coefficient (Wildman–Crippen LogP) is 0.857. The van der Waals surface area contributed by atoms with Crippen molar-refractivity contribution in [2.24, 2.45) is 5.92 Å². The molecule has 0 spiro atoms. The van der Waals surface area contributed by atoms with Crippen molar-refractivity contribution in [3.63, 3.8) is 0 Å². The molecule has 0 N–H and O–H groups in total. The molecule has 3 rings (SSSR count). The Kier molecular flexibility index (Phi) is 3.15. The fraction of sp³-hybridized carbons (Fsp3) is 0.769.